The zero-order chi connectivity index (χ0) is 17.3. The number of hydrogen-bond donors (Lipinski definition) is 1. The summed E-state index contributed by atoms with van der Waals surface area (Å²) in [4.78, 5) is -0.459. The van der Waals surface area contributed by atoms with E-state index >= 15 is 0 Å². The normalized spacial score (nSPS) is 12.0. The van der Waals surface area contributed by atoms with Crippen molar-refractivity contribution >= 4 is 27.3 Å². The smallest absolute Gasteiger partial charge is 0.406 e. The molecular weight excluding hydrogens is 362 g/mol. The van der Waals surface area contributed by atoms with Crippen molar-refractivity contribution in [1.82, 2.24) is 0 Å². The second-order valence-electron chi connectivity index (χ2n) is 4.26. The van der Waals surface area contributed by atoms with Gasteiger partial charge in [-0.2, -0.15) is 0 Å². The van der Waals surface area contributed by atoms with Gasteiger partial charge in [0, 0.05) is 6.07 Å². The fourth-order valence-corrected chi connectivity index (χ4v) is 2.88. The van der Waals surface area contributed by atoms with E-state index in [-0.39, 0.29) is 10.7 Å². The van der Waals surface area contributed by atoms with E-state index in [9.17, 15) is 26.0 Å². The van der Waals surface area contributed by atoms with Gasteiger partial charge in [-0.1, -0.05) is 17.7 Å². The Bertz CT molecular complexity index is 824. The molecule has 2 aromatic carbocycles. The van der Waals surface area contributed by atoms with Crippen LogP contribution in [-0.4, -0.2) is 14.8 Å². The van der Waals surface area contributed by atoms with Crippen molar-refractivity contribution in [3.63, 3.8) is 0 Å². The molecular formula is C13H8ClF4NO3S. The lowest BCUT2D eigenvalue weighted by Gasteiger charge is -2.12. The highest BCUT2D eigenvalue weighted by Crippen LogP contribution is 2.26. The van der Waals surface area contributed by atoms with Crippen molar-refractivity contribution in [2.45, 2.75) is 11.3 Å². The molecule has 0 aliphatic carbocycles. The number of hydrogen-bond acceptors (Lipinski definition) is 3. The molecule has 0 aromatic heterocycles. The van der Waals surface area contributed by atoms with Gasteiger partial charge in [-0.25, -0.2) is 12.8 Å². The maximum atomic E-state index is 13.0. The predicted molar refractivity (Wildman–Crippen MR) is 75.3 cm³/mol. The van der Waals surface area contributed by atoms with Gasteiger partial charge in [0.25, 0.3) is 10.0 Å². The molecule has 0 spiro atoms. The third-order valence-corrected chi connectivity index (χ3v) is 4.19. The Morgan fingerprint density at radius 3 is 2.39 bits per heavy atom. The molecule has 0 atom stereocenters. The standard InChI is InChI=1S/C13H8ClF4NO3S/c14-11-6-8(4-5-12(11)15)19-23(20,21)10-3-1-2-9(7-10)22-13(16,17)18/h1-7,19H. The van der Waals surface area contributed by atoms with Crippen LogP contribution in [0.5, 0.6) is 5.75 Å². The van der Waals surface area contributed by atoms with Crippen molar-refractivity contribution in [1.29, 1.82) is 0 Å². The second kappa shape index (κ2) is 6.25. The minimum absolute atomic E-state index is 0.0430. The summed E-state index contributed by atoms with van der Waals surface area (Å²) in [5, 5.41) is -0.306. The fourth-order valence-electron chi connectivity index (χ4n) is 1.61. The van der Waals surface area contributed by atoms with Crippen LogP contribution < -0.4 is 9.46 Å². The van der Waals surface area contributed by atoms with Crippen LogP contribution in [-0.2, 0) is 10.0 Å². The van der Waals surface area contributed by atoms with Crippen LogP contribution in [0.3, 0.4) is 0 Å². The van der Waals surface area contributed by atoms with Gasteiger partial charge in [-0.05, 0) is 30.3 Å². The molecule has 0 aliphatic rings. The zero-order valence-corrected chi connectivity index (χ0v) is 12.6. The van der Waals surface area contributed by atoms with Gasteiger partial charge < -0.3 is 4.74 Å². The van der Waals surface area contributed by atoms with Crippen molar-refractivity contribution in [3.8, 4) is 5.75 Å². The Hall–Kier alpha value is -2.00. The molecule has 124 valence electrons. The lowest BCUT2D eigenvalue weighted by molar-refractivity contribution is -0.274. The first kappa shape index (κ1) is 17.4. The Kier molecular flexibility index (Phi) is 4.71. The number of anilines is 1. The maximum Gasteiger partial charge on any atom is 0.573 e. The maximum absolute atomic E-state index is 13.0. The first-order valence-corrected chi connectivity index (χ1v) is 7.77. The van der Waals surface area contributed by atoms with Crippen LogP contribution in [0.15, 0.2) is 47.4 Å². The molecule has 1 N–H and O–H groups in total. The molecule has 0 radical (unpaired) electrons. The molecule has 4 nitrogen and oxygen atoms in total. The van der Waals surface area contributed by atoms with Gasteiger partial charge in [0.1, 0.15) is 11.6 Å². The molecule has 10 heteroatoms. The quantitative estimate of drug-likeness (QED) is 0.823. The minimum atomic E-state index is -4.94. The van der Waals surface area contributed by atoms with E-state index in [1.165, 1.54) is 0 Å². The second-order valence-corrected chi connectivity index (χ2v) is 6.35. The summed E-state index contributed by atoms with van der Waals surface area (Å²) < 4.78 is 79.5. The summed E-state index contributed by atoms with van der Waals surface area (Å²) in [5.41, 5.74) is -0.0430. The van der Waals surface area contributed by atoms with Crippen LogP contribution >= 0.6 is 11.6 Å². The van der Waals surface area contributed by atoms with Gasteiger partial charge >= 0.3 is 6.36 Å². The van der Waals surface area contributed by atoms with Crippen molar-refractivity contribution in [2.24, 2.45) is 0 Å². The molecule has 0 aliphatic heterocycles. The molecule has 0 bridgehead atoms. The number of halogens is 5. The SMILES string of the molecule is O=S(=O)(Nc1ccc(F)c(Cl)c1)c1cccc(OC(F)(F)F)c1. The molecule has 23 heavy (non-hydrogen) atoms. The number of ether oxygens (including phenoxy) is 1. The van der Waals surface area contributed by atoms with E-state index in [2.05, 4.69) is 9.46 Å². The van der Waals surface area contributed by atoms with E-state index < -0.39 is 32.8 Å². The number of benzene rings is 2. The third-order valence-electron chi connectivity index (χ3n) is 2.52. The Balaban J connectivity index is 2.29. The molecule has 0 amide bonds. The molecule has 0 saturated carbocycles. The molecule has 2 rings (SSSR count). The summed E-state index contributed by atoms with van der Waals surface area (Å²) in [7, 11) is -4.20. The van der Waals surface area contributed by atoms with Crippen LogP contribution in [0.1, 0.15) is 0 Å². The predicted octanol–water partition coefficient (Wildman–Crippen LogP) is 4.18. The van der Waals surface area contributed by atoms with Gasteiger partial charge in [0.2, 0.25) is 0 Å². The van der Waals surface area contributed by atoms with Crippen LogP contribution in [0.25, 0.3) is 0 Å². The van der Waals surface area contributed by atoms with Crippen molar-refractivity contribution in [3.05, 3.63) is 53.3 Å². The molecule has 0 unspecified atom stereocenters. The van der Waals surface area contributed by atoms with E-state index in [0.29, 0.717) is 6.07 Å². The summed E-state index contributed by atoms with van der Waals surface area (Å²) in [5.74, 6) is -1.42. The number of nitrogens with one attached hydrogen (secondary N) is 1. The lowest BCUT2D eigenvalue weighted by Crippen LogP contribution is -2.18. The third kappa shape index (κ3) is 4.73. The molecule has 2 aromatic rings. The largest absolute Gasteiger partial charge is 0.573 e. The van der Waals surface area contributed by atoms with Gasteiger partial charge in [-0.3, -0.25) is 4.72 Å². The van der Waals surface area contributed by atoms with E-state index in [4.69, 9.17) is 11.6 Å². The summed E-state index contributed by atoms with van der Waals surface area (Å²) in [6.07, 6.45) is -4.94. The first-order chi connectivity index (χ1) is 10.6. The highest BCUT2D eigenvalue weighted by Gasteiger charge is 2.31. The van der Waals surface area contributed by atoms with Gasteiger partial charge in [0.15, 0.2) is 0 Å². The van der Waals surface area contributed by atoms with Crippen molar-refractivity contribution in [2.75, 3.05) is 4.72 Å². The van der Waals surface area contributed by atoms with E-state index in [0.717, 1.165) is 36.4 Å². The minimum Gasteiger partial charge on any atom is -0.406 e. The van der Waals surface area contributed by atoms with Crippen molar-refractivity contribution < 1.29 is 30.7 Å². The monoisotopic (exact) mass is 369 g/mol. The highest BCUT2D eigenvalue weighted by molar-refractivity contribution is 7.92. The van der Waals surface area contributed by atoms with Crippen LogP contribution in [0.4, 0.5) is 23.2 Å². The average molecular weight is 370 g/mol. The first-order valence-electron chi connectivity index (χ1n) is 5.90. The molecule has 0 saturated heterocycles. The fraction of sp³-hybridized carbons (Fsp3) is 0.0769. The number of alkyl halides is 3. The summed E-state index contributed by atoms with van der Waals surface area (Å²) in [6, 6.07) is 6.94. The van der Waals surface area contributed by atoms with Gasteiger partial charge in [-0.15, -0.1) is 13.2 Å². The molecule has 0 heterocycles. The van der Waals surface area contributed by atoms with E-state index in [1.807, 2.05) is 0 Å². The Morgan fingerprint density at radius 2 is 1.78 bits per heavy atom. The highest BCUT2D eigenvalue weighted by atomic mass is 35.5. The summed E-state index contributed by atoms with van der Waals surface area (Å²) >= 11 is 5.53. The number of rotatable bonds is 4. The lowest BCUT2D eigenvalue weighted by atomic mass is 10.3. The zero-order valence-electron chi connectivity index (χ0n) is 11.1. The molecule has 0 fully saturated rings. The summed E-state index contributed by atoms with van der Waals surface area (Å²) in [6.45, 7) is 0. The number of sulfonamides is 1. The van der Waals surface area contributed by atoms with Crippen LogP contribution in [0.2, 0.25) is 5.02 Å². The van der Waals surface area contributed by atoms with E-state index in [1.54, 1.807) is 0 Å². The van der Waals surface area contributed by atoms with Crippen LogP contribution in [0, 0.1) is 5.82 Å². The Labute approximate surface area is 133 Å². The topological polar surface area (TPSA) is 55.4 Å². The Morgan fingerprint density at radius 1 is 1.09 bits per heavy atom. The van der Waals surface area contributed by atoms with Gasteiger partial charge in [0.05, 0.1) is 15.6 Å². The average Bonchev–Trinajstić information content (AvgIpc) is 2.41.